The first kappa shape index (κ1) is 17.6. The Hall–Kier alpha value is -0.440. The highest BCUT2D eigenvalue weighted by molar-refractivity contribution is 6.30. The van der Waals surface area contributed by atoms with Crippen molar-refractivity contribution >= 4 is 11.6 Å². The van der Waals surface area contributed by atoms with Crippen LogP contribution in [0.25, 0.3) is 0 Å². The van der Waals surface area contributed by atoms with Crippen LogP contribution < -0.4 is 22.0 Å². The van der Waals surface area contributed by atoms with Crippen LogP contribution in [-0.4, -0.2) is 25.7 Å². The van der Waals surface area contributed by atoms with Crippen LogP contribution in [0.5, 0.6) is 5.75 Å². The number of benzene rings is 1. The second kappa shape index (κ2) is 8.76. The molecular formula is C16H25Cl2NO. The van der Waals surface area contributed by atoms with Crippen molar-refractivity contribution in [1.29, 1.82) is 0 Å². The fourth-order valence-electron chi connectivity index (χ4n) is 2.71. The molecule has 114 valence electrons. The number of rotatable bonds is 5. The zero-order valence-corrected chi connectivity index (χ0v) is 13.9. The SMILES string of the molecule is CC1CC[NH+]([C@H](C)CCOc2ccc(Cl)cc2)CC1.[Cl-]. The Morgan fingerprint density at radius 3 is 2.45 bits per heavy atom. The fraction of sp³-hybridized carbons (Fsp3) is 0.625. The lowest BCUT2D eigenvalue weighted by atomic mass is 9.98. The summed E-state index contributed by atoms with van der Waals surface area (Å²) in [5.74, 6) is 1.83. The third-order valence-corrected chi connectivity index (χ3v) is 4.50. The van der Waals surface area contributed by atoms with Gasteiger partial charge in [0, 0.05) is 11.4 Å². The van der Waals surface area contributed by atoms with Gasteiger partial charge < -0.3 is 22.0 Å². The van der Waals surface area contributed by atoms with Crippen LogP contribution in [0, 0.1) is 5.92 Å². The third-order valence-electron chi connectivity index (χ3n) is 4.25. The molecule has 1 aliphatic heterocycles. The van der Waals surface area contributed by atoms with Gasteiger partial charge in [-0.25, -0.2) is 0 Å². The van der Waals surface area contributed by atoms with E-state index in [-0.39, 0.29) is 12.4 Å². The average Bonchev–Trinajstić information content (AvgIpc) is 2.41. The van der Waals surface area contributed by atoms with Gasteiger partial charge in [0.05, 0.1) is 25.7 Å². The van der Waals surface area contributed by atoms with Gasteiger partial charge in [-0.1, -0.05) is 18.5 Å². The van der Waals surface area contributed by atoms with Gasteiger partial charge in [0.15, 0.2) is 0 Å². The van der Waals surface area contributed by atoms with E-state index in [0.29, 0.717) is 6.04 Å². The van der Waals surface area contributed by atoms with E-state index in [4.69, 9.17) is 16.3 Å². The summed E-state index contributed by atoms with van der Waals surface area (Å²) < 4.78 is 5.77. The van der Waals surface area contributed by atoms with Gasteiger partial charge in [-0.15, -0.1) is 0 Å². The molecule has 0 unspecified atom stereocenters. The Bertz CT molecular complexity index is 375. The molecule has 1 heterocycles. The van der Waals surface area contributed by atoms with E-state index < -0.39 is 0 Å². The maximum absolute atomic E-state index is 5.85. The number of hydrogen-bond acceptors (Lipinski definition) is 1. The normalized spacial score (nSPS) is 23.8. The Labute approximate surface area is 133 Å². The van der Waals surface area contributed by atoms with Gasteiger partial charge in [-0.05, 0) is 49.9 Å². The first-order valence-corrected chi connectivity index (χ1v) is 7.76. The Morgan fingerprint density at radius 1 is 1.25 bits per heavy atom. The molecule has 1 saturated heterocycles. The summed E-state index contributed by atoms with van der Waals surface area (Å²) in [6.07, 6.45) is 3.86. The monoisotopic (exact) mass is 317 g/mol. The lowest BCUT2D eigenvalue weighted by molar-refractivity contribution is -0.929. The fourth-order valence-corrected chi connectivity index (χ4v) is 2.84. The average molecular weight is 318 g/mol. The number of quaternary nitrogens is 1. The van der Waals surface area contributed by atoms with Crippen molar-refractivity contribution in [3.63, 3.8) is 0 Å². The van der Waals surface area contributed by atoms with Gasteiger partial charge >= 0.3 is 0 Å². The van der Waals surface area contributed by atoms with Crippen LogP contribution >= 0.6 is 11.6 Å². The van der Waals surface area contributed by atoms with E-state index in [0.717, 1.165) is 29.7 Å². The quantitative estimate of drug-likeness (QED) is 0.795. The van der Waals surface area contributed by atoms with E-state index in [2.05, 4.69) is 13.8 Å². The van der Waals surface area contributed by atoms with Crippen molar-refractivity contribution in [1.82, 2.24) is 0 Å². The Balaban J connectivity index is 0.00000200. The molecular weight excluding hydrogens is 293 g/mol. The lowest BCUT2D eigenvalue weighted by Gasteiger charge is -2.32. The summed E-state index contributed by atoms with van der Waals surface area (Å²) in [7, 11) is 0. The van der Waals surface area contributed by atoms with Gasteiger partial charge in [-0.2, -0.15) is 0 Å². The number of nitrogens with one attached hydrogen (secondary N) is 1. The highest BCUT2D eigenvalue weighted by Gasteiger charge is 2.23. The summed E-state index contributed by atoms with van der Waals surface area (Å²) in [5, 5.41) is 0.757. The summed E-state index contributed by atoms with van der Waals surface area (Å²) in [6, 6.07) is 8.31. The molecule has 0 aromatic heterocycles. The number of ether oxygens (including phenoxy) is 1. The summed E-state index contributed by atoms with van der Waals surface area (Å²) >= 11 is 5.85. The van der Waals surface area contributed by atoms with Crippen molar-refractivity contribution < 1.29 is 22.0 Å². The molecule has 2 nitrogen and oxygen atoms in total. The van der Waals surface area contributed by atoms with E-state index in [1.54, 1.807) is 4.90 Å². The topological polar surface area (TPSA) is 13.7 Å². The molecule has 0 spiro atoms. The van der Waals surface area contributed by atoms with Crippen molar-refractivity contribution in [3.05, 3.63) is 29.3 Å². The van der Waals surface area contributed by atoms with Crippen molar-refractivity contribution in [2.75, 3.05) is 19.7 Å². The molecule has 1 aromatic carbocycles. The second-order valence-corrected chi connectivity index (χ2v) is 6.27. The molecule has 1 aromatic rings. The van der Waals surface area contributed by atoms with E-state index in [9.17, 15) is 0 Å². The summed E-state index contributed by atoms with van der Waals surface area (Å²) in [5.41, 5.74) is 0. The minimum atomic E-state index is 0. The molecule has 0 radical (unpaired) electrons. The minimum Gasteiger partial charge on any atom is -1.00 e. The molecule has 4 heteroatoms. The van der Waals surface area contributed by atoms with E-state index in [1.807, 2.05) is 24.3 Å². The van der Waals surface area contributed by atoms with Gasteiger partial charge in [0.25, 0.3) is 0 Å². The van der Waals surface area contributed by atoms with Gasteiger partial charge in [0.1, 0.15) is 5.75 Å². The zero-order valence-electron chi connectivity index (χ0n) is 12.4. The molecule has 0 aliphatic carbocycles. The summed E-state index contributed by atoms with van der Waals surface area (Å²) in [6.45, 7) is 8.15. The zero-order chi connectivity index (χ0) is 13.7. The van der Waals surface area contributed by atoms with Crippen molar-refractivity contribution in [3.8, 4) is 5.75 Å². The predicted octanol–water partition coefficient (Wildman–Crippen LogP) is -0.184. The first-order chi connectivity index (χ1) is 9.15. The molecule has 2 rings (SSSR count). The number of halogens is 2. The molecule has 1 atom stereocenters. The minimum absolute atomic E-state index is 0. The molecule has 1 N–H and O–H groups in total. The van der Waals surface area contributed by atoms with Crippen LogP contribution in [0.4, 0.5) is 0 Å². The molecule has 1 aliphatic rings. The molecule has 0 bridgehead atoms. The van der Waals surface area contributed by atoms with Crippen molar-refractivity contribution in [2.45, 2.75) is 39.2 Å². The largest absolute Gasteiger partial charge is 1.00 e. The second-order valence-electron chi connectivity index (χ2n) is 5.83. The van der Waals surface area contributed by atoms with Crippen LogP contribution in [0.15, 0.2) is 24.3 Å². The van der Waals surface area contributed by atoms with Crippen LogP contribution in [0.2, 0.25) is 5.02 Å². The lowest BCUT2D eigenvalue weighted by Crippen LogP contribution is -3.16. The maximum atomic E-state index is 5.85. The Kier molecular flexibility index (Phi) is 7.71. The molecule has 1 fully saturated rings. The highest BCUT2D eigenvalue weighted by atomic mass is 35.5. The van der Waals surface area contributed by atoms with Gasteiger partial charge in [-0.3, -0.25) is 0 Å². The molecule has 0 amide bonds. The van der Waals surface area contributed by atoms with E-state index >= 15 is 0 Å². The number of likely N-dealkylation sites (tertiary alicyclic amines) is 1. The maximum Gasteiger partial charge on any atom is 0.119 e. The van der Waals surface area contributed by atoms with E-state index in [1.165, 1.54) is 25.9 Å². The van der Waals surface area contributed by atoms with Crippen LogP contribution in [0.3, 0.4) is 0 Å². The summed E-state index contributed by atoms with van der Waals surface area (Å²) in [4.78, 5) is 1.75. The van der Waals surface area contributed by atoms with Crippen molar-refractivity contribution in [2.24, 2.45) is 5.92 Å². The number of piperidine rings is 1. The Morgan fingerprint density at radius 2 is 1.85 bits per heavy atom. The third kappa shape index (κ3) is 5.51. The highest BCUT2D eigenvalue weighted by Crippen LogP contribution is 2.15. The first-order valence-electron chi connectivity index (χ1n) is 7.38. The van der Waals surface area contributed by atoms with Gasteiger partial charge in [0.2, 0.25) is 0 Å². The number of hydrogen-bond donors (Lipinski definition) is 1. The standard InChI is InChI=1S/C16H24ClNO.ClH/c1-13-7-10-18(11-8-13)14(2)9-12-19-16-5-3-15(17)4-6-16;/h3-6,13-14H,7-12H2,1-2H3;1H/t14-;/m1./s1. The smallest absolute Gasteiger partial charge is 0.119 e. The molecule has 0 saturated carbocycles. The van der Waals surface area contributed by atoms with Crippen LogP contribution in [0.1, 0.15) is 33.1 Å². The van der Waals surface area contributed by atoms with Crippen LogP contribution in [-0.2, 0) is 0 Å². The molecule has 20 heavy (non-hydrogen) atoms. The predicted molar refractivity (Wildman–Crippen MR) is 80.1 cm³/mol.